The zero-order chi connectivity index (χ0) is 24.1. The standard InChI is InChI=1S/C25H33NO6S/c1-25(2,3)16-24(27)26(18-22-9-6-14-31-22)17-19-7-5-8-21(15-19)32-33(28,29)23-12-10-20(30-4)11-13-23/h5,7-8,10-13,15,22H,6,9,14,16-18H2,1-4H3/t22-/m1/s1. The van der Waals surface area contributed by atoms with E-state index in [1.807, 2.05) is 26.8 Å². The quantitative estimate of drug-likeness (QED) is 0.500. The topological polar surface area (TPSA) is 82.1 Å². The number of carbonyl (C=O) groups excluding carboxylic acids is 1. The van der Waals surface area contributed by atoms with Gasteiger partial charge in [0.1, 0.15) is 16.4 Å². The Balaban J connectivity index is 1.75. The molecule has 180 valence electrons. The summed E-state index contributed by atoms with van der Waals surface area (Å²) in [6, 6.07) is 12.8. The van der Waals surface area contributed by atoms with E-state index in [-0.39, 0.29) is 28.1 Å². The van der Waals surface area contributed by atoms with Crippen molar-refractivity contribution in [3.63, 3.8) is 0 Å². The van der Waals surface area contributed by atoms with Gasteiger partial charge in [-0.3, -0.25) is 4.79 Å². The van der Waals surface area contributed by atoms with Crippen LogP contribution in [0.1, 0.15) is 45.6 Å². The number of nitrogens with zero attached hydrogens (tertiary/aromatic N) is 1. The van der Waals surface area contributed by atoms with Crippen LogP contribution >= 0.6 is 0 Å². The maximum Gasteiger partial charge on any atom is 0.339 e. The minimum absolute atomic E-state index is 0.0313. The Morgan fingerprint density at radius 2 is 1.85 bits per heavy atom. The molecule has 8 heteroatoms. The van der Waals surface area contributed by atoms with Gasteiger partial charge in [-0.25, -0.2) is 0 Å². The molecule has 1 atom stereocenters. The Bertz CT molecular complexity index is 1040. The Hall–Kier alpha value is -2.58. The molecule has 33 heavy (non-hydrogen) atoms. The van der Waals surface area contributed by atoms with Gasteiger partial charge in [0.25, 0.3) is 0 Å². The van der Waals surface area contributed by atoms with Crippen molar-refractivity contribution in [1.82, 2.24) is 4.90 Å². The van der Waals surface area contributed by atoms with Gasteiger partial charge in [0, 0.05) is 26.1 Å². The molecule has 1 aliphatic rings. The Labute approximate surface area is 196 Å². The van der Waals surface area contributed by atoms with Gasteiger partial charge in [0.05, 0.1) is 13.2 Å². The van der Waals surface area contributed by atoms with Crippen molar-refractivity contribution in [3.05, 3.63) is 54.1 Å². The molecule has 1 aliphatic heterocycles. The normalized spacial score (nSPS) is 16.4. The summed E-state index contributed by atoms with van der Waals surface area (Å²) in [4.78, 5) is 14.9. The van der Waals surface area contributed by atoms with Crippen LogP contribution in [0.15, 0.2) is 53.4 Å². The molecule has 0 spiro atoms. The van der Waals surface area contributed by atoms with Gasteiger partial charge in [-0.1, -0.05) is 32.9 Å². The van der Waals surface area contributed by atoms with E-state index in [1.165, 1.54) is 19.2 Å². The van der Waals surface area contributed by atoms with Crippen LogP contribution < -0.4 is 8.92 Å². The molecule has 2 aromatic rings. The molecule has 0 unspecified atom stereocenters. The fourth-order valence-electron chi connectivity index (χ4n) is 3.69. The maximum atomic E-state index is 13.0. The summed E-state index contributed by atoms with van der Waals surface area (Å²) in [5.74, 6) is 0.807. The van der Waals surface area contributed by atoms with E-state index < -0.39 is 10.1 Å². The third kappa shape index (κ3) is 7.47. The highest BCUT2D eigenvalue weighted by Gasteiger charge is 2.26. The monoisotopic (exact) mass is 475 g/mol. The van der Waals surface area contributed by atoms with E-state index in [1.54, 1.807) is 35.2 Å². The molecule has 1 fully saturated rings. The summed E-state index contributed by atoms with van der Waals surface area (Å²) >= 11 is 0. The summed E-state index contributed by atoms with van der Waals surface area (Å²) in [5.41, 5.74) is 0.654. The predicted molar refractivity (Wildman–Crippen MR) is 126 cm³/mol. The van der Waals surface area contributed by atoms with E-state index in [0.717, 1.165) is 25.0 Å². The van der Waals surface area contributed by atoms with Crippen molar-refractivity contribution in [3.8, 4) is 11.5 Å². The molecular formula is C25H33NO6S. The number of carbonyl (C=O) groups is 1. The molecule has 0 aliphatic carbocycles. The maximum absolute atomic E-state index is 13.0. The summed E-state index contributed by atoms with van der Waals surface area (Å²) in [5, 5.41) is 0. The first-order valence-electron chi connectivity index (χ1n) is 11.1. The van der Waals surface area contributed by atoms with Gasteiger partial charge in [0.15, 0.2) is 0 Å². The van der Waals surface area contributed by atoms with Gasteiger partial charge in [-0.15, -0.1) is 0 Å². The van der Waals surface area contributed by atoms with Crippen LogP contribution in [0.3, 0.4) is 0 Å². The lowest BCUT2D eigenvalue weighted by atomic mass is 9.91. The van der Waals surface area contributed by atoms with Crippen molar-refractivity contribution in [2.45, 2.75) is 57.6 Å². The second kappa shape index (κ2) is 10.6. The van der Waals surface area contributed by atoms with Gasteiger partial charge in [0.2, 0.25) is 5.91 Å². The van der Waals surface area contributed by atoms with Crippen LogP contribution in [0.25, 0.3) is 0 Å². The Morgan fingerprint density at radius 3 is 2.45 bits per heavy atom. The fraction of sp³-hybridized carbons (Fsp3) is 0.480. The molecule has 0 radical (unpaired) electrons. The predicted octanol–water partition coefficient (Wildman–Crippen LogP) is 4.41. The molecule has 1 saturated heterocycles. The number of hydrogen-bond donors (Lipinski definition) is 0. The number of amides is 1. The molecule has 0 bridgehead atoms. The number of rotatable bonds is 9. The van der Waals surface area contributed by atoms with E-state index in [0.29, 0.717) is 25.3 Å². The van der Waals surface area contributed by atoms with Crippen LogP contribution in [0.5, 0.6) is 11.5 Å². The van der Waals surface area contributed by atoms with Crippen LogP contribution in [-0.2, 0) is 26.2 Å². The summed E-state index contributed by atoms with van der Waals surface area (Å²) in [6.45, 7) is 7.70. The average molecular weight is 476 g/mol. The van der Waals surface area contributed by atoms with Gasteiger partial charge in [-0.05, 0) is 60.2 Å². The molecule has 1 heterocycles. The van der Waals surface area contributed by atoms with Crippen LogP contribution in [-0.4, -0.2) is 45.6 Å². The molecule has 0 aromatic heterocycles. The third-order valence-electron chi connectivity index (χ3n) is 5.31. The van der Waals surface area contributed by atoms with Crippen molar-refractivity contribution in [2.24, 2.45) is 5.41 Å². The smallest absolute Gasteiger partial charge is 0.339 e. The molecule has 0 saturated carbocycles. The molecule has 1 amide bonds. The summed E-state index contributed by atoms with van der Waals surface area (Å²) in [7, 11) is -2.48. The van der Waals surface area contributed by atoms with Crippen LogP contribution in [0.4, 0.5) is 0 Å². The average Bonchev–Trinajstić information content (AvgIpc) is 3.25. The van der Waals surface area contributed by atoms with E-state index in [4.69, 9.17) is 13.7 Å². The highest BCUT2D eigenvalue weighted by atomic mass is 32.2. The molecule has 2 aromatic carbocycles. The second-order valence-corrected chi connectivity index (χ2v) is 11.1. The number of ether oxygens (including phenoxy) is 2. The lowest BCUT2D eigenvalue weighted by Gasteiger charge is -2.29. The molecule has 7 nitrogen and oxygen atoms in total. The number of hydrogen-bond acceptors (Lipinski definition) is 6. The minimum Gasteiger partial charge on any atom is -0.497 e. The summed E-state index contributed by atoms with van der Waals surface area (Å²) < 4.78 is 41.6. The second-order valence-electron chi connectivity index (χ2n) is 9.51. The van der Waals surface area contributed by atoms with Gasteiger partial charge < -0.3 is 18.6 Å². The van der Waals surface area contributed by atoms with Crippen molar-refractivity contribution < 1.29 is 26.9 Å². The third-order valence-corrected chi connectivity index (χ3v) is 6.57. The van der Waals surface area contributed by atoms with E-state index in [2.05, 4.69) is 0 Å². The Morgan fingerprint density at radius 1 is 1.12 bits per heavy atom. The van der Waals surface area contributed by atoms with Crippen molar-refractivity contribution in [1.29, 1.82) is 0 Å². The van der Waals surface area contributed by atoms with Gasteiger partial charge >= 0.3 is 10.1 Å². The molecule has 3 rings (SSSR count). The lowest BCUT2D eigenvalue weighted by Crippen LogP contribution is -2.38. The number of methoxy groups -OCH3 is 1. The lowest BCUT2D eigenvalue weighted by molar-refractivity contribution is -0.135. The molecular weight excluding hydrogens is 442 g/mol. The minimum atomic E-state index is -4.00. The Kier molecular flexibility index (Phi) is 8.02. The molecule has 0 N–H and O–H groups in total. The highest BCUT2D eigenvalue weighted by Crippen LogP contribution is 2.25. The van der Waals surface area contributed by atoms with E-state index >= 15 is 0 Å². The summed E-state index contributed by atoms with van der Waals surface area (Å²) in [6.07, 6.45) is 2.38. The van der Waals surface area contributed by atoms with Crippen molar-refractivity contribution >= 4 is 16.0 Å². The first kappa shape index (κ1) is 25.1. The first-order chi connectivity index (χ1) is 15.6. The van der Waals surface area contributed by atoms with Crippen LogP contribution in [0.2, 0.25) is 0 Å². The zero-order valence-corrected chi connectivity index (χ0v) is 20.6. The largest absolute Gasteiger partial charge is 0.497 e. The van der Waals surface area contributed by atoms with Crippen molar-refractivity contribution in [2.75, 3.05) is 20.3 Å². The number of benzene rings is 2. The SMILES string of the molecule is COc1ccc(S(=O)(=O)Oc2cccc(CN(C[C@H]3CCCO3)C(=O)CC(C)(C)C)c2)cc1. The highest BCUT2D eigenvalue weighted by molar-refractivity contribution is 7.87. The van der Waals surface area contributed by atoms with Gasteiger partial charge in [-0.2, -0.15) is 8.42 Å². The first-order valence-corrected chi connectivity index (χ1v) is 12.5. The fourth-order valence-corrected chi connectivity index (χ4v) is 4.61. The zero-order valence-electron chi connectivity index (χ0n) is 19.7. The van der Waals surface area contributed by atoms with E-state index in [9.17, 15) is 13.2 Å². The van der Waals surface area contributed by atoms with Crippen LogP contribution in [0, 0.1) is 5.41 Å².